The minimum absolute atomic E-state index is 0.0503. The number of imidazole rings is 1. The number of para-hydroxylation sites is 2. The third-order valence-electron chi connectivity index (χ3n) is 8.32. The molecule has 2 aliphatic rings. The van der Waals surface area contributed by atoms with Crippen LogP contribution in [-0.2, 0) is 38.8 Å². The number of likely N-dealkylation sites (tertiary alicyclic amines) is 1. The SMILES string of the molecule is O=C(NCc1ccc([C@H]2O[C@@H](Cn3cnc4ccccc43)C[C@@H](c3ccc(CO)cc3)O2)cc1)[C@@H]1CCCN1C(=O)C(F)(F)F. The number of carbonyl (C=O) groups excluding carboxylic acids is 2. The lowest BCUT2D eigenvalue weighted by Crippen LogP contribution is -2.50. The summed E-state index contributed by atoms with van der Waals surface area (Å²) in [6.45, 7) is 0.499. The molecule has 2 saturated heterocycles. The van der Waals surface area contributed by atoms with Crippen LogP contribution in [0.5, 0.6) is 0 Å². The van der Waals surface area contributed by atoms with Crippen LogP contribution < -0.4 is 5.32 Å². The van der Waals surface area contributed by atoms with Gasteiger partial charge in [0.15, 0.2) is 6.29 Å². The number of fused-ring (bicyclic) bond motifs is 1. The Labute approximate surface area is 257 Å². The van der Waals surface area contributed by atoms with E-state index in [4.69, 9.17) is 9.47 Å². The summed E-state index contributed by atoms with van der Waals surface area (Å²) in [4.78, 5) is 29.5. The number of hydrogen-bond acceptors (Lipinski definition) is 6. The zero-order valence-electron chi connectivity index (χ0n) is 24.3. The molecule has 9 nitrogen and oxygen atoms in total. The number of carbonyl (C=O) groups is 2. The first-order chi connectivity index (χ1) is 21.7. The molecule has 2 fully saturated rings. The summed E-state index contributed by atoms with van der Waals surface area (Å²) in [6.07, 6.45) is -3.28. The van der Waals surface area contributed by atoms with E-state index in [0.717, 1.165) is 33.3 Å². The van der Waals surface area contributed by atoms with Crippen LogP contribution in [0.25, 0.3) is 11.0 Å². The number of hydrogen-bond donors (Lipinski definition) is 2. The predicted octanol–water partition coefficient (Wildman–Crippen LogP) is 4.94. The Hall–Kier alpha value is -4.26. The quantitative estimate of drug-likeness (QED) is 0.288. The number of aliphatic hydroxyl groups excluding tert-OH is 1. The van der Waals surface area contributed by atoms with Gasteiger partial charge in [-0.2, -0.15) is 13.2 Å². The van der Waals surface area contributed by atoms with Gasteiger partial charge in [0.25, 0.3) is 0 Å². The maximum absolute atomic E-state index is 13.0. The van der Waals surface area contributed by atoms with Crippen molar-refractivity contribution in [2.24, 2.45) is 0 Å². The molecule has 2 N–H and O–H groups in total. The van der Waals surface area contributed by atoms with Crippen molar-refractivity contribution in [3.63, 3.8) is 0 Å². The molecule has 3 heterocycles. The molecule has 6 rings (SSSR count). The van der Waals surface area contributed by atoms with Gasteiger partial charge in [-0.15, -0.1) is 0 Å². The average Bonchev–Trinajstić information content (AvgIpc) is 3.71. The van der Waals surface area contributed by atoms with Crippen LogP contribution in [-0.4, -0.2) is 56.2 Å². The highest BCUT2D eigenvalue weighted by Crippen LogP contribution is 2.38. The summed E-state index contributed by atoms with van der Waals surface area (Å²) in [6, 6.07) is 21.6. The second kappa shape index (κ2) is 13.0. The summed E-state index contributed by atoms with van der Waals surface area (Å²) < 4.78 is 53.8. The van der Waals surface area contributed by atoms with Crippen LogP contribution >= 0.6 is 0 Å². The number of ether oxygens (including phenoxy) is 2. The third-order valence-corrected chi connectivity index (χ3v) is 8.32. The fraction of sp³-hybridized carbons (Fsp3) is 0.364. The number of benzene rings is 3. The van der Waals surface area contributed by atoms with E-state index in [-0.39, 0.29) is 38.3 Å². The zero-order valence-corrected chi connectivity index (χ0v) is 24.3. The molecule has 12 heteroatoms. The van der Waals surface area contributed by atoms with Crippen LogP contribution in [0.15, 0.2) is 79.1 Å². The van der Waals surface area contributed by atoms with E-state index in [0.29, 0.717) is 24.3 Å². The van der Waals surface area contributed by atoms with E-state index in [9.17, 15) is 27.9 Å². The number of amides is 2. The van der Waals surface area contributed by atoms with E-state index in [1.807, 2.05) is 60.7 Å². The lowest BCUT2D eigenvalue weighted by Gasteiger charge is -2.36. The van der Waals surface area contributed by atoms with Gasteiger partial charge in [-0.05, 0) is 41.7 Å². The molecule has 45 heavy (non-hydrogen) atoms. The van der Waals surface area contributed by atoms with Gasteiger partial charge in [0.1, 0.15) is 6.04 Å². The molecule has 4 atom stereocenters. The fourth-order valence-corrected chi connectivity index (χ4v) is 5.95. The van der Waals surface area contributed by atoms with Crippen molar-refractivity contribution in [1.82, 2.24) is 19.8 Å². The smallest absolute Gasteiger partial charge is 0.392 e. The van der Waals surface area contributed by atoms with Crippen LogP contribution in [0.1, 0.15) is 53.9 Å². The van der Waals surface area contributed by atoms with Crippen LogP contribution in [0.2, 0.25) is 0 Å². The van der Waals surface area contributed by atoms with Gasteiger partial charge in [0, 0.05) is 25.1 Å². The Morgan fingerprint density at radius 3 is 2.40 bits per heavy atom. The molecular formula is C33H33F3N4O5. The lowest BCUT2D eigenvalue weighted by atomic mass is 9.99. The molecule has 2 amide bonds. The monoisotopic (exact) mass is 622 g/mol. The highest BCUT2D eigenvalue weighted by atomic mass is 19.4. The molecule has 3 aromatic carbocycles. The van der Waals surface area contributed by atoms with Gasteiger partial charge >= 0.3 is 12.1 Å². The minimum Gasteiger partial charge on any atom is -0.392 e. The summed E-state index contributed by atoms with van der Waals surface area (Å²) >= 11 is 0. The second-order valence-electron chi connectivity index (χ2n) is 11.3. The second-order valence-corrected chi connectivity index (χ2v) is 11.3. The van der Waals surface area contributed by atoms with Crippen molar-refractivity contribution in [3.05, 3.63) is 101 Å². The zero-order chi connectivity index (χ0) is 31.6. The first-order valence-corrected chi connectivity index (χ1v) is 14.8. The number of aliphatic hydroxyl groups is 1. The summed E-state index contributed by atoms with van der Waals surface area (Å²) in [5, 5.41) is 12.1. The Bertz CT molecular complexity index is 1640. The van der Waals surface area contributed by atoms with E-state index < -0.39 is 30.3 Å². The molecule has 2 aliphatic heterocycles. The van der Waals surface area contributed by atoms with Gasteiger partial charge in [-0.25, -0.2) is 4.98 Å². The van der Waals surface area contributed by atoms with E-state index in [1.54, 1.807) is 18.5 Å². The first kappa shape index (κ1) is 30.8. The summed E-state index contributed by atoms with van der Waals surface area (Å²) in [5.74, 6) is -2.60. The number of nitrogens with one attached hydrogen (secondary N) is 1. The Kier molecular flexibility index (Phi) is 8.88. The normalized spacial score (nSPS) is 22.1. The van der Waals surface area contributed by atoms with Crippen molar-refractivity contribution in [2.75, 3.05) is 6.54 Å². The van der Waals surface area contributed by atoms with Crippen molar-refractivity contribution in [3.8, 4) is 0 Å². The first-order valence-electron chi connectivity index (χ1n) is 14.8. The van der Waals surface area contributed by atoms with Gasteiger partial charge in [-0.3, -0.25) is 9.59 Å². The molecule has 1 aromatic heterocycles. The van der Waals surface area contributed by atoms with Crippen LogP contribution in [0.4, 0.5) is 13.2 Å². The predicted molar refractivity (Wildman–Crippen MR) is 157 cm³/mol. The number of halogens is 3. The molecule has 0 aliphatic carbocycles. The standard InChI is InChI=1S/C33H33F3N4O5/c34-33(35,36)32(43)40-15-3-6-28(40)30(42)37-17-21-7-13-24(14-8-21)31-44-25(18-39-20-38-26-4-1-2-5-27(26)39)16-29(45-31)23-11-9-22(19-41)10-12-23/h1-2,4-5,7-14,20,25,28-29,31,41H,3,6,15-19H2,(H,37,42)/t25-,28+,29+,31+/m1/s1. The Balaban J connectivity index is 1.15. The van der Waals surface area contributed by atoms with E-state index in [2.05, 4.69) is 14.9 Å². The molecule has 236 valence electrons. The van der Waals surface area contributed by atoms with Crippen molar-refractivity contribution < 1.29 is 37.3 Å². The minimum atomic E-state index is -5.02. The van der Waals surface area contributed by atoms with Crippen molar-refractivity contribution in [1.29, 1.82) is 0 Å². The third kappa shape index (κ3) is 6.87. The number of aromatic nitrogens is 2. The lowest BCUT2D eigenvalue weighted by molar-refractivity contribution is -0.252. The summed E-state index contributed by atoms with van der Waals surface area (Å²) in [7, 11) is 0. The topological polar surface area (TPSA) is 106 Å². The van der Waals surface area contributed by atoms with E-state index >= 15 is 0 Å². The van der Waals surface area contributed by atoms with Crippen LogP contribution in [0.3, 0.4) is 0 Å². The van der Waals surface area contributed by atoms with Gasteiger partial charge in [0.2, 0.25) is 5.91 Å². The highest BCUT2D eigenvalue weighted by molar-refractivity contribution is 5.90. The van der Waals surface area contributed by atoms with Gasteiger partial charge in [-0.1, -0.05) is 60.7 Å². The molecular weight excluding hydrogens is 589 g/mol. The van der Waals surface area contributed by atoms with Crippen molar-refractivity contribution in [2.45, 2.75) is 69.7 Å². The Morgan fingerprint density at radius 2 is 1.67 bits per heavy atom. The molecule has 4 aromatic rings. The maximum atomic E-state index is 13.0. The molecule has 0 unspecified atom stereocenters. The Morgan fingerprint density at radius 1 is 0.956 bits per heavy atom. The molecule has 0 saturated carbocycles. The average molecular weight is 623 g/mol. The van der Waals surface area contributed by atoms with Crippen LogP contribution in [0, 0.1) is 0 Å². The largest absolute Gasteiger partial charge is 0.471 e. The van der Waals surface area contributed by atoms with Gasteiger partial charge < -0.3 is 29.4 Å². The molecule has 0 radical (unpaired) electrons. The molecule has 0 bridgehead atoms. The maximum Gasteiger partial charge on any atom is 0.471 e. The number of alkyl halides is 3. The molecule has 0 spiro atoms. The fourth-order valence-electron chi connectivity index (χ4n) is 5.95. The number of rotatable bonds is 8. The van der Waals surface area contributed by atoms with Gasteiger partial charge in [0.05, 0.1) is 42.7 Å². The van der Waals surface area contributed by atoms with E-state index in [1.165, 1.54) is 0 Å². The number of nitrogens with zero attached hydrogens (tertiary/aromatic N) is 3. The summed E-state index contributed by atoms with van der Waals surface area (Å²) in [5.41, 5.74) is 5.16. The highest BCUT2D eigenvalue weighted by Gasteiger charge is 2.47. The van der Waals surface area contributed by atoms with Crippen molar-refractivity contribution >= 4 is 22.8 Å².